The molecule has 0 spiro atoms. The van der Waals surface area contributed by atoms with Gasteiger partial charge in [0.2, 0.25) is 0 Å². The van der Waals surface area contributed by atoms with Crippen molar-refractivity contribution in [2.24, 2.45) is 21.5 Å². The third-order valence-corrected chi connectivity index (χ3v) is 3.32. The molecule has 0 saturated carbocycles. The van der Waals surface area contributed by atoms with Gasteiger partial charge in [-0.2, -0.15) is 0 Å². The fraction of sp³-hybridized carbons (Fsp3) is 0.500. The largest absolute Gasteiger partial charge is 0.507 e. The average molecular weight is 306 g/mol. The van der Waals surface area contributed by atoms with E-state index in [9.17, 15) is 10.2 Å². The van der Waals surface area contributed by atoms with E-state index < -0.39 is 0 Å². The number of phenols is 2. The van der Waals surface area contributed by atoms with Crippen molar-refractivity contribution in [2.45, 2.75) is 26.7 Å². The van der Waals surface area contributed by atoms with Crippen molar-refractivity contribution in [1.82, 2.24) is 0 Å². The third-order valence-electron chi connectivity index (χ3n) is 3.32. The van der Waals surface area contributed by atoms with Crippen LogP contribution >= 0.6 is 0 Å². The van der Waals surface area contributed by atoms with Gasteiger partial charge in [0.1, 0.15) is 11.5 Å². The van der Waals surface area contributed by atoms with Crippen LogP contribution in [-0.4, -0.2) is 47.8 Å². The van der Waals surface area contributed by atoms with Crippen LogP contribution in [0, 0.1) is 0 Å². The molecule has 0 aliphatic carbocycles. The van der Waals surface area contributed by atoms with Gasteiger partial charge >= 0.3 is 0 Å². The van der Waals surface area contributed by atoms with Crippen LogP contribution in [0.25, 0.3) is 0 Å². The fourth-order valence-corrected chi connectivity index (χ4v) is 2.00. The highest BCUT2D eigenvalue weighted by Gasteiger charge is 2.12. The Morgan fingerprint density at radius 3 is 1.64 bits per heavy atom. The summed E-state index contributed by atoms with van der Waals surface area (Å²) in [5.41, 5.74) is 13.5. The standard InChI is InChI=1S/C16H26N4O2/c1-11(19-7-3-5-17)13-9-14(16(22)10-15(13)21)12(2)20-8-4-6-18/h9-10,21-22H,3-8,17-18H2,1-2H3. The number of hydrogen-bond donors (Lipinski definition) is 4. The molecule has 1 aromatic carbocycles. The van der Waals surface area contributed by atoms with E-state index in [1.54, 1.807) is 6.07 Å². The summed E-state index contributed by atoms with van der Waals surface area (Å²) in [5.74, 6) is 0.00927. The lowest BCUT2D eigenvalue weighted by Crippen LogP contribution is -2.05. The Bertz CT molecular complexity index is 508. The molecule has 0 unspecified atom stereocenters. The first-order valence-corrected chi connectivity index (χ1v) is 7.50. The smallest absolute Gasteiger partial charge is 0.128 e. The molecular formula is C16H26N4O2. The molecule has 6 nitrogen and oxygen atoms in total. The minimum Gasteiger partial charge on any atom is -0.507 e. The molecule has 1 rings (SSSR count). The number of phenolic OH excluding ortho intramolecular Hbond substituents is 2. The van der Waals surface area contributed by atoms with Crippen LogP contribution in [0.4, 0.5) is 0 Å². The van der Waals surface area contributed by atoms with Gasteiger partial charge in [-0.05, 0) is 45.8 Å². The third kappa shape index (κ3) is 5.13. The van der Waals surface area contributed by atoms with Gasteiger partial charge in [-0.25, -0.2) is 0 Å². The van der Waals surface area contributed by atoms with Crippen LogP contribution in [0.5, 0.6) is 11.5 Å². The minimum absolute atomic E-state index is 0.00464. The maximum atomic E-state index is 10.0. The number of nitrogens with two attached hydrogens (primary N) is 2. The van der Waals surface area contributed by atoms with Crippen LogP contribution in [0.3, 0.4) is 0 Å². The fourth-order valence-electron chi connectivity index (χ4n) is 2.00. The predicted octanol–water partition coefficient (Wildman–Crippen LogP) is 1.41. The summed E-state index contributed by atoms with van der Waals surface area (Å²) >= 11 is 0. The topological polar surface area (TPSA) is 117 Å². The van der Waals surface area contributed by atoms with Crippen molar-refractivity contribution in [1.29, 1.82) is 0 Å². The van der Waals surface area contributed by atoms with Gasteiger partial charge in [-0.3, -0.25) is 9.98 Å². The molecule has 22 heavy (non-hydrogen) atoms. The van der Waals surface area contributed by atoms with E-state index in [2.05, 4.69) is 9.98 Å². The Morgan fingerprint density at radius 1 is 0.864 bits per heavy atom. The van der Waals surface area contributed by atoms with Crippen molar-refractivity contribution in [2.75, 3.05) is 26.2 Å². The van der Waals surface area contributed by atoms with Crippen molar-refractivity contribution >= 4 is 11.4 Å². The lowest BCUT2D eigenvalue weighted by molar-refractivity contribution is 0.449. The Morgan fingerprint density at radius 2 is 1.27 bits per heavy atom. The molecule has 6 N–H and O–H groups in total. The second-order valence-corrected chi connectivity index (χ2v) is 5.11. The zero-order valence-corrected chi connectivity index (χ0v) is 13.3. The SMILES string of the molecule is CC(=NCCCN)c1cc(C(C)=NCCCN)c(O)cc1O. The van der Waals surface area contributed by atoms with Gasteiger partial charge in [-0.15, -0.1) is 0 Å². The maximum absolute atomic E-state index is 10.0. The molecule has 1 aromatic rings. The second-order valence-electron chi connectivity index (χ2n) is 5.11. The minimum atomic E-state index is 0.00464. The van der Waals surface area contributed by atoms with Gasteiger partial charge in [0.15, 0.2) is 0 Å². The van der Waals surface area contributed by atoms with Crippen LogP contribution in [0.1, 0.15) is 37.8 Å². The summed E-state index contributed by atoms with van der Waals surface area (Å²) < 4.78 is 0. The molecule has 0 fully saturated rings. The van der Waals surface area contributed by atoms with Crippen molar-refractivity contribution in [3.8, 4) is 11.5 Å². The quantitative estimate of drug-likeness (QED) is 0.429. The highest BCUT2D eigenvalue weighted by atomic mass is 16.3. The molecule has 0 atom stereocenters. The van der Waals surface area contributed by atoms with Crippen LogP contribution < -0.4 is 11.5 Å². The molecular weight excluding hydrogens is 280 g/mol. The number of aliphatic imine (C=N–C) groups is 2. The number of hydrogen-bond acceptors (Lipinski definition) is 6. The molecule has 122 valence electrons. The van der Waals surface area contributed by atoms with E-state index in [1.165, 1.54) is 6.07 Å². The summed E-state index contributed by atoms with van der Waals surface area (Å²) in [6.07, 6.45) is 1.59. The molecule has 0 heterocycles. The summed E-state index contributed by atoms with van der Waals surface area (Å²) in [7, 11) is 0. The van der Waals surface area contributed by atoms with E-state index in [1.807, 2.05) is 13.8 Å². The second kappa shape index (κ2) is 9.17. The van der Waals surface area contributed by atoms with E-state index in [0.29, 0.717) is 48.7 Å². The lowest BCUT2D eigenvalue weighted by Gasteiger charge is -2.10. The van der Waals surface area contributed by atoms with E-state index >= 15 is 0 Å². The van der Waals surface area contributed by atoms with Gasteiger partial charge in [0.25, 0.3) is 0 Å². The number of rotatable bonds is 8. The number of nitrogens with zero attached hydrogens (tertiary/aromatic N) is 2. The normalized spacial score (nSPS) is 12.7. The zero-order chi connectivity index (χ0) is 16.5. The molecule has 0 aliphatic heterocycles. The monoisotopic (exact) mass is 306 g/mol. The average Bonchev–Trinajstić information content (AvgIpc) is 2.47. The zero-order valence-electron chi connectivity index (χ0n) is 13.3. The van der Waals surface area contributed by atoms with Gasteiger partial charge in [0.05, 0.1) is 0 Å². The summed E-state index contributed by atoms with van der Waals surface area (Å²) in [5, 5.41) is 20.0. The summed E-state index contributed by atoms with van der Waals surface area (Å²) in [4.78, 5) is 8.78. The van der Waals surface area contributed by atoms with Gasteiger partial charge in [0, 0.05) is 41.7 Å². The van der Waals surface area contributed by atoms with Crippen LogP contribution in [0.15, 0.2) is 22.1 Å². The van der Waals surface area contributed by atoms with Crippen molar-refractivity contribution in [3.63, 3.8) is 0 Å². The lowest BCUT2D eigenvalue weighted by atomic mass is 10.0. The molecule has 0 radical (unpaired) electrons. The predicted molar refractivity (Wildman–Crippen MR) is 91.3 cm³/mol. The Balaban J connectivity index is 3.08. The molecule has 0 aromatic heterocycles. The van der Waals surface area contributed by atoms with Crippen LogP contribution in [-0.2, 0) is 0 Å². The highest BCUT2D eigenvalue weighted by molar-refractivity contribution is 6.06. The molecule has 0 saturated heterocycles. The first-order valence-electron chi connectivity index (χ1n) is 7.50. The summed E-state index contributed by atoms with van der Waals surface area (Å²) in [6.45, 7) is 6.04. The molecule has 6 heteroatoms. The van der Waals surface area contributed by atoms with E-state index in [4.69, 9.17) is 11.5 Å². The van der Waals surface area contributed by atoms with E-state index in [0.717, 1.165) is 12.8 Å². The molecule has 0 bridgehead atoms. The van der Waals surface area contributed by atoms with Crippen molar-refractivity contribution in [3.05, 3.63) is 23.3 Å². The van der Waals surface area contributed by atoms with Gasteiger partial charge in [-0.1, -0.05) is 0 Å². The molecule has 0 aliphatic rings. The first-order chi connectivity index (χ1) is 10.5. The van der Waals surface area contributed by atoms with Crippen molar-refractivity contribution < 1.29 is 10.2 Å². The number of benzene rings is 1. The van der Waals surface area contributed by atoms with Gasteiger partial charge < -0.3 is 21.7 Å². The highest BCUT2D eigenvalue weighted by Crippen LogP contribution is 2.28. The first kappa shape index (κ1) is 18.1. The maximum Gasteiger partial charge on any atom is 0.128 e. The van der Waals surface area contributed by atoms with Crippen LogP contribution in [0.2, 0.25) is 0 Å². The Hall–Kier alpha value is -1.92. The van der Waals surface area contributed by atoms with E-state index in [-0.39, 0.29) is 11.5 Å². The number of aromatic hydroxyl groups is 2. The molecule has 0 amide bonds. The summed E-state index contributed by atoms with van der Waals surface area (Å²) in [6, 6.07) is 3.04. The Kier molecular flexibility index (Phi) is 7.56. The Labute approximate surface area is 131 Å².